The Morgan fingerprint density at radius 1 is 1.12 bits per heavy atom. The fraction of sp³-hybridized carbons (Fsp3) is 0.929. The largest absolute Gasteiger partial charge is 0.444 e. The molecule has 98 valence electrons. The summed E-state index contributed by atoms with van der Waals surface area (Å²) in [6.45, 7) is 5.71. The van der Waals surface area contributed by atoms with E-state index in [-0.39, 0.29) is 6.09 Å². The number of ether oxygens (including phenoxy) is 1. The minimum atomic E-state index is -0.394. The Morgan fingerprint density at radius 3 is 2.53 bits per heavy atom. The molecule has 1 N–H and O–H groups in total. The highest BCUT2D eigenvalue weighted by Crippen LogP contribution is 2.42. The van der Waals surface area contributed by atoms with E-state index in [1.54, 1.807) is 0 Å². The van der Waals surface area contributed by atoms with Gasteiger partial charge in [0.05, 0.1) is 0 Å². The second kappa shape index (κ2) is 4.87. The average molecular weight is 239 g/mol. The third kappa shape index (κ3) is 3.62. The first-order chi connectivity index (χ1) is 7.94. The molecule has 0 aromatic rings. The monoisotopic (exact) mass is 239 g/mol. The average Bonchev–Trinajstić information content (AvgIpc) is 2.61. The summed E-state index contributed by atoms with van der Waals surface area (Å²) >= 11 is 0. The highest BCUT2D eigenvalue weighted by molar-refractivity contribution is 5.68. The summed E-state index contributed by atoms with van der Waals surface area (Å²) in [5.41, 5.74) is -0.394. The van der Waals surface area contributed by atoms with Gasteiger partial charge in [0, 0.05) is 6.04 Å². The minimum Gasteiger partial charge on any atom is -0.444 e. The second-order valence-corrected chi connectivity index (χ2v) is 6.61. The molecule has 0 aliphatic heterocycles. The molecule has 0 aromatic heterocycles. The molecule has 0 heterocycles. The van der Waals surface area contributed by atoms with E-state index in [1.807, 2.05) is 20.8 Å². The zero-order valence-corrected chi connectivity index (χ0v) is 11.3. The standard InChI is InChI=1S/C14H25NO2/c1-14(2,3)17-13(16)15-12-8-7-10-5-4-6-11(10)9-12/h10-12H,4-9H2,1-3H3,(H,15,16)/t10-,11+,12+/m0/s1. The van der Waals surface area contributed by atoms with Gasteiger partial charge in [0.25, 0.3) is 0 Å². The van der Waals surface area contributed by atoms with E-state index < -0.39 is 5.60 Å². The van der Waals surface area contributed by atoms with Gasteiger partial charge in [-0.1, -0.05) is 19.3 Å². The Hall–Kier alpha value is -0.730. The van der Waals surface area contributed by atoms with Crippen LogP contribution in [-0.2, 0) is 4.74 Å². The van der Waals surface area contributed by atoms with E-state index in [1.165, 1.54) is 25.7 Å². The lowest BCUT2D eigenvalue weighted by Crippen LogP contribution is -2.42. The first kappa shape index (κ1) is 12.7. The van der Waals surface area contributed by atoms with E-state index >= 15 is 0 Å². The molecule has 0 saturated heterocycles. The van der Waals surface area contributed by atoms with Crippen molar-refractivity contribution < 1.29 is 9.53 Å². The molecule has 2 rings (SSSR count). The Kier molecular flexibility index (Phi) is 3.64. The van der Waals surface area contributed by atoms with Crippen LogP contribution in [-0.4, -0.2) is 17.7 Å². The number of carbonyl (C=O) groups excluding carboxylic acids is 1. The van der Waals surface area contributed by atoms with Crippen molar-refractivity contribution in [2.45, 2.75) is 70.9 Å². The van der Waals surface area contributed by atoms with Gasteiger partial charge in [-0.15, -0.1) is 0 Å². The fourth-order valence-electron chi connectivity index (χ4n) is 3.31. The highest BCUT2D eigenvalue weighted by atomic mass is 16.6. The highest BCUT2D eigenvalue weighted by Gasteiger charge is 2.34. The van der Waals surface area contributed by atoms with Crippen molar-refractivity contribution in [3.8, 4) is 0 Å². The van der Waals surface area contributed by atoms with Crippen LogP contribution in [0.4, 0.5) is 4.79 Å². The van der Waals surface area contributed by atoms with Crippen LogP contribution in [0.25, 0.3) is 0 Å². The maximum Gasteiger partial charge on any atom is 0.407 e. The number of hydrogen-bond acceptors (Lipinski definition) is 2. The normalized spacial score (nSPS) is 33.0. The van der Waals surface area contributed by atoms with Crippen LogP contribution in [0.15, 0.2) is 0 Å². The number of amides is 1. The van der Waals surface area contributed by atoms with E-state index in [9.17, 15) is 4.79 Å². The van der Waals surface area contributed by atoms with Crippen LogP contribution in [0.3, 0.4) is 0 Å². The van der Waals surface area contributed by atoms with Gasteiger partial charge < -0.3 is 10.1 Å². The topological polar surface area (TPSA) is 38.3 Å². The lowest BCUT2D eigenvalue weighted by atomic mass is 9.79. The Balaban J connectivity index is 1.78. The molecule has 1 amide bonds. The molecule has 17 heavy (non-hydrogen) atoms. The third-order valence-electron chi connectivity index (χ3n) is 4.01. The van der Waals surface area contributed by atoms with Crippen molar-refractivity contribution in [2.24, 2.45) is 11.8 Å². The van der Waals surface area contributed by atoms with E-state index in [4.69, 9.17) is 4.74 Å². The quantitative estimate of drug-likeness (QED) is 0.760. The minimum absolute atomic E-state index is 0.251. The Labute approximate surface area is 104 Å². The van der Waals surface area contributed by atoms with Crippen molar-refractivity contribution in [2.75, 3.05) is 0 Å². The summed E-state index contributed by atoms with van der Waals surface area (Å²) in [4.78, 5) is 11.7. The predicted octanol–water partition coefficient (Wildman–Crippen LogP) is 3.48. The molecule has 3 heteroatoms. The van der Waals surface area contributed by atoms with Crippen LogP contribution in [0.5, 0.6) is 0 Å². The molecule has 0 aromatic carbocycles. The zero-order valence-electron chi connectivity index (χ0n) is 11.3. The van der Waals surface area contributed by atoms with Crippen LogP contribution < -0.4 is 5.32 Å². The lowest BCUT2D eigenvalue weighted by molar-refractivity contribution is 0.0476. The molecule has 0 unspecified atom stereocenters. The summed E-state index contributed by atoms with van der Waals surface area (Å²) in [5.74, 6) is 1.79. The van der Waals surface area contributed by atoms with Crippen LogP contribution in [0, 0.1) is 11.8 Å². The maximum absolute atomic E-state index is 11.7. The van der Waals surface area contributed by atoms with Crippen molar-refractivity contribution in [3.63, 3.8) is 0 Å². The van der Waals surface area contributed by atoms with Crippen LogP contribution in [0.1, 0.15) is 59.3 Å². The van der Waals surface area contributed by atoms with Crippen molar-refractivity contribution in [1.82, 2.24) is 5.32 Å². The smallest absolute Gasteiger partial charge is 0.407 e. The van der Waals surface area contributed by atoms with Gasteiger partial charge >= 0.3 is 6.09 Å². The van der Waals surface area contributed by atoms with Gasteiger partial charge in [-0.3, -0.25) is 0 Å². The number of carbonyl (C=O) groups is 1. The molecule has 3 atom stereocenters. The molecule has 3 nitrogen and oxygen atoms in total. The summed E-state index contributed by atoms with van der Waals surface area (Å²) in [6, 6.07) is 0.337. The van der Waals surface area contributed by atoms with Gasteiger partial charge in [-0.25, -0.2) is 4.79 Å². The first-order valence-electron chi connectivity index (χ1n) is 6.93. The number of rotatable bonds is 1. The van der Waals surface area contributed by atoms with Crippen molar-refractivity contribution in [1.29, 1.82) is 0 Å². The summed E-state index contributed by atoms with van der Waals surface area (Å²) in [6.07, 6.45) is 7.46. The molecule has 0 bridgehead atoms. The second-order valence-electron chi connectivity index (χ2n) is 6.61. The SMILES string of the molecule is CC(C)(C)OC(=O)N[C@@H]1CC[C@@H]2CCC[C@@H]2C1. The Bertz CT molecular complexity index is 282. The maximum atomic E-state index is 11.7. The van der Waals surface area contributed by atoms with Crippen molar-refractivity contribution in [3.05, 3.63) is 0 Å². The third-order valence-corrected chi connectivity index (χ3v) is 4.01. The van der Waals surface area contributed by atoms with E-state index in [0.717, 1.165) is 24.7 Å². The van der Waals surface area contributed by atoms with Gasteiger partial charge in [-0.05, 0) is 51.9 Å². The lowest BCUT2D eigenvalue weighted by Gasteiger charge is -2.32. The molecule has 2 aliphatic rings. The van der Waals surface area contributed by atoms with Crippen LogP contribution in [0.2, 0.25) is 0 Å². The summed E-state index contributed by atoms with van der Waals surface area (Å²) in [7, 11) is 0. The van der Waals surface area contributed by atoms with Gasteiger partial charge in [0.15, 0.2) is 0 Å². The van der Waals surface area contributed by atoms with Gasteiger partial charge in [0.1, 0.15) is 5.60 Å². The Morgan fingerprint density at radius 2 is 1.82 bits per heavy atom. The van der Waals surface area contributed by atoms with E-state index in [0.29, 0.717) is 6.04 Å². The molecule has 2 aliphatic carbocycles. The molecule has 0 spiro atoms. The van der Waals surface area contributed by atoms with Crippen molar-refractivity contribution >= 4 is 6.09 Å². The molecule has 0 radical (unpaired) electrons. The number of fused-ring (bicyclic) bond motifs is 1. The van der Waals surface area contributed by atoms with Gasteiger partial charge in [0.2, 0.25) is 0 Å². The zero-order chi connectivity index (χ0) is 12.5. The fourth-order valence-corrected chi connectivity index (χ4v) is 3.31. The first-order valence-corrected chi connectivity index (χ1v) is 6.93. The predicted molar refractivity (Wildman–Crippen MR) is 67.8 cm³/mol. The van der Waals surface area contributed by atoms with Gasteiger partial charge in [-0.2, -0.15) is 0 Å². The molecular formula is C14H25NO2. The molecule has 2 fully saturated rings. The van der Waals surface area contributed by atoms with Crippen LogP contribution >= 0.6 is 0 Å². The summed E-state index contributed by atoms with van der Waals surface area (Å²) < 4.78 is 5.30. The number of nitrogens with one attached hydrogen (secondary N) is 1. The van der Waals surface area contributed by atoms with E-state index in [2.05, 4.69) is 5.32 Å². The molecule has 2 saturated carbocycles. The number of hydrogen-bond donors (Lipinski definition) is 1. The summed E-state index contributed by atoms with van der Waals surface area (Å²) in [5, 5.41) is 3.03. The molecular weight excluding hydrogens is 214 g/mol. The number of alkyl carbamates (subject to hydrolysis) is 1.